The van der Waals surface area contributed by atoms with Gasteiger partial charge in [0.15, 0.2) is 0 Å². The third-order valence-electron chi connectivity index (χ3n) is 3.68. The Morgan fingerprint density at radius 1 is 1.00 bits per heavy atom. The Bertz CT molecular complexity index is 279. The molecule has 0 saturated carbocycles. The highest BCUT2D eigenvalue weighted by Crippen LogP contribution is 2.09. The van der Waals surface area contributed by atoms with E-state index in [0.29, 0.717) is 13.0 Å². The molecule has 1 saturated heterocycles. The molecular weight excluding hydrogens is 240 g/mol. The van der Waals surface area contributed by atoms with Crippen molar-refractivity contribution < 1.29 is 9.59 Å². The van der Waals surface area contributed by atoms with Gasteiger partial charge in [-0.3, -0.25) is 9.59 Å². The van der Waals surface area contributed by atoms with Crippen molar-refractivity contribution in [2.24, 2.45) is 0 Å². The average molecular weight is 268 g/mol. The van der Waals surface area contributed by atoms with Crippen LogP contribution in [0.3, 0.4) is 0 Å². The third-order valence-corrected chi connectivity index (χ3v) is 3.68. The highest BCUT2D eigenvalue weighted by atomic mass is 16.2. The maximum atomic E-state index is 11.7. The van der Waals surface area contributed by atoms with Crippen molar-refractivity contribution in [1.29, 1.82) is 0 Å². The van der Waals surface area contributed by atoms with Gasteiger partial charge in [0.1, 0.15) is 0 Å². The van der Waals surface area contributed by atoms with E-state index < -0.39 is 0 Å². The second-order valence-electron chi connectivity index (χ2n) is 5.38. The third kappa shape index (κ3) is 7.19. The number of unbranched alkanes of at least 4 members (excludes halogenated alkanes) is 7. The van der Waals surface area contributed by atoms with Crippen LogP contribution in [0, 0.1) is 0 Å². The molecule has 19 heavy (non-hydrogen) atoms. The van der Waals surface area contributed by atoms with Crippen LogP contribution >= 0.6 is 0 Å². The number of rotatable bonds is 9. The fourth-order valence-corrected chi connectivity index (χ4v) is 2.41. The van der Waals surface area contributed by atoms with Crippen LogP contribution < -0.4 is 5.32 Å². The largest absolute Gasteiger partial charge is 0.347 e. The van der Waals surface area contributed by atoms with Crippen LogP contribution in [0.5, 0.6) is 0 Å². The first-order valence-corrected chi connectivity index (χ1v) is 7.78. The fourth-order valence-electron chi connectivity index (χ4n) is 2.41. The molecule has 0 unspecified atom stereocenters. The standard InChI is InChI=1S/C15H28N2O2/c1-2-3-4-5-6-7-8-9-11-17-12-10-14(18)16-13-15(17)19/h2-13H2,1H3,(H,16,18). The zero-order valence-electron chi connectivity index (χ0n) is 12.2. The second kappa shape index (κ2) is 9.82. The van der Waals surface area contributed by atoms with Gasteiger partial charge in [0.25, 0.3) is 0 Å². The van der Waals surface area contributed by atoms with Crippen LogP contribution in [-0.4, -0.2) is 36.3 Å². The lowest BCUT2D eigenvalue weighted by Gasteiger charge is -2.19. The van der Waals surface area contributed by atoms with E-state index in [1.165, 1.54) is 44.9 Å². The zero-order valence-corrected chi connectivity index (χ0v) is 12.2. The summed E-state index contributed by atoms with van der Waals surface area (Å²) in [5.41, 5.74) is 0. The first-order chi connectivity index (χ1) is 9.24. The predicted molar refractivity (Wildman–Crippen MR) is 76.8 cm³/mol. The molecule has 1 fully saturated rings. The summed E-state index contributed by atoms with van der Waals surface area (Å²) in [5.74, 6) is 0.0561. The Morgan fingerprint density at radius 2 is 1.63 bits per heavy atom. The van der Waals surface area contributed by atoms with Gasteiger partial charge in [-0.15, -0.1) is 0 Å². The molecular formula is C15H28N2O2. The van der Waals surface area contributed by atoms with E-state index in [0.717, 1.165) is 13.0 Å². The molecule has 0 atom stereocenters. The first kappa shape index (κ1) is 16.0. The van der Waals surface area contributed by atoms with Crippen molar-refractivity contribution in [2.75, 3.05) is 19.6 Å². The molecule has 0 aliphatic carbocycles. The van der Waals surface area contributed by atoms with Crippen molar-refractivity contribution in [2.45, 2.75) is 64.7 Å². The molecule has 0 spiro atoms. The molecule has 0 aromatic rings. The van der Waals surface area contributed by atoms with E-state index in [4.69, 9.17) is 0 Å². The fraction of sp³-hybridized carbons (Fsp3) is 0.867. The molecule has 4 nitrogen and oxygen atoms in total. The second-order valence-corrected chi connectivity index (χ2v) is 5.38. The molecule has 0 radical (unpaired) electrons. The molecule has 0 aromatic carbocycles. The molecule has 1 heterocycles. The first-order valence-electron chi connectivity index (χ1n) is 7.78. The Kier molecular flexibility index (Phi) is 8.26. The maximum Gasteiger partial charge on any atom is 0.241 e. The van der Waals surface area contributed by atoms with Crippen molar-refractivity contribution in [3.8, 4) is 0 Å². The van der Waals surface area contributed by atoms with Crippen LogP contribution in [-0.2, 0) is 9.59 Å². The lowest BCUT2D eigenvalue weighted by atomic mass is 10.1. The Morgan fingerprint density at radius 3 is 2.32 bits per heavy atom. The summed E-state index contributed by atoms with van der Waals surface area (Å²) < 4.78 is 0. The lowest BCUT2D eigenvalue weighted by Crippen LogP contribution is -2.35. The van der Waals surface area contributed by atoms with Gasteiger partial charge in [0, 0.05) is 19.5 Å². The van der Waals surface area contributed by atoms with Gasteiger partial charge in [-0.25, -0.2) is 0 Å². The van der Waals surface area contributed by atoms with Gasteiger partial charge in [0.05, 0.1) is 6.54 Å². The summed E-state index contributed by atoms with van der Waals surface area (Å²) >= 11 is 0. The summed E-state index contributed by atoms with van der Waals surface area (Å²) in [6.45, 7) is 3.80. The molecule has 1 rings (SSSR count). The average Bonchev–Trinajstić information content (AvgIpc) is 2.56. The van der Waals surface area contributed by atoms with Crippen LogP contribution in [0.4, 0.5) is 0 Å². The van der Waals surface area contributed by atoms with Gasteiger partial charge in [-0.2, -0.15) is 0 Å². The number of carbonyl (C=O) groups is 2. The molecule has 4 heteroatoms. The van der Waals surface area contributed by atoms with Crippen LogP contribution in [0.15, 0.2) is 0 Å². The lowest BCUT2D eigenvalue weighted by molar-refractivity contribution is -0.130. The number of nitrogens with zero attached hydrogens (tertiary/aromatic N) is 1. The van der Waals surface area contributed by atoms with Gasteiger partial charge in [-0.05, 0) is 6.42 Å². The smallest absolute Gasteiger partial charge is 0.241 e. The molecule has 2 amide bonds. The molecule has 0 aromatic heterocycles. The number of carbonyl (C=O) groups excluding carboxylic acids is 2. The summed E-state index contributed by atoms with van der Waals surface area (Å²) in [5, 5.41) is 2.62. The highest BCUT2D eigenvalue weighted by molar-refractivity contribution is 5.87. The predicted octanol–water partition coefficient (Wildman–Crippen LogP) is 2.48. The Balaban J connectivity index is 2.02. The van der Waals surface area contributed by atoms with E-state index in [1.54, 1.807) is 0 Å². The zero-order chi connectivity index (χ0) is 13.9. The maximum absolute atomic E-state index is 11.7. The molecule has 1 N–H and O–H groups in total. The molecule has 1 aliphatic heterocycles. The van der Waals surface area contributed by atoms with Crippen LogP contribution in [0.25, 0.3) is 0 Å². The Hall–Kier alpha value is -1.06. The van der Waals surface area contributed by atoms with E-state index in [1.807, 2.05) is 4.90 Å². The normalized spacial score (nSPS) is 16.4. The summed E-state index contributed by atoms with van der Waals surface area (Å²) in [7, 11) is 0. The van der Waals surface area contributed by atoms with E-state index in [9.17, 15) is 9.59 Å². The van der Waals surface area contributed by atoms with Crippen molar-refractivity contribution in [1.82, 2.24) is 10.2 Å². The van der Waals surface area contributed by atoms with Crippen molar-refractivity contribution >= 4 is 11.8 Å². The number of hydrogen-bond acceptors (Lipinski definition) is 2. The van der Waals surface area contributed by atoms with Crippen molar-refractivity contribution in [3.05, 3.63) is 0 Å². The van der Waals surface area contributed by atoms with Gasteiger partial charge >= 0.3 is 0 Å². The van der Waals surface area contributed by atoms with Crippen LogP contribution in [0.2, 0.25) is 0 Å². The number of hydrogen-bond donors (Lipinski definition) is 1. The summed E-state index contributed by atoms with van der Waals surface area (Å²) in [6.07, 6.45) is 10.6. The summed E-state index contributed by atoms with van der Waals surface area (Å²) in [4.78, 5) is 24.7. The van der Waals surface area contributed by atoms with Gasteiger partial charge < -0.3 is 10.2 Å². The Labute approximate surface area is 116 Å². The van der Waals surface area contributed by atoms with E-state index >= 15 is 0 Å². The monoisotopic (exact) mass is 268 g/mol. The highest BCUT2D eigenvalue weighted by Gasteiger charge is 2.18. The molecule has 1 aliphatic rings. The minimum Gasteiger partial charge on any atom is -0.347 e. The van der Waals surface area contributed by atoms with Crippen LogP contribution in [0.1, 0.15) is 64.7 Å². The van der Waals surface area contributed by atoms with Gasteiger partial charge in [0.2, 0.25) is 11.8 Å². The minimum atomic E-state index is -0.00762. The number of amides is 2. The molecule has 0 bridgehead atoms. The number of nitrogens with one attached hydrogen (secondary N) is 1. The van der Waals surface area contributed by atoms with Gasteiger partial charge in [-0.1, -0.05) is 51.9 Å². The molecule has 110 valence electrons. The van der Waals surface area contributed by atoms with Crippen molar-refractivity contribution in [3.63, 3.8) is 0 Å². The topological polar surface area (TPSA) is 49.4 Å². The SMILES string of the molecule is CCCCCCCCCCN1CCC(=O)NCC1=O. The summed E-state index contributed by atoms with van der Waals surface area (Å²) in [6, 6.07) is 0. The quantitative estimate of drug-likeness (QED) is 0.653. The minimum absolute atomic E-state index is 0.00762. The van der Waals surface area contributed by atoms with E-state index in [-0.39, 0.29) is 18.4 Å². The van der Waals surface area contributed by atoms with E-state index in [2.05, 4.69) is 12.2 Å².